The molecule has 100 valence electrons. The van der Waals surface area contributed by atoms with Gasteiger partial charge in [-0.1, -0.05) is 25.1 Å². The van der Waals surface area contributed by atoms with Gasteiger partial charge in [0, 0.05) is 12.5 Å². The Morgan fingerprint density at radius 1 is 1.33 bits per heavy atom. The molecule has 0 heterocycles. The molecule has 0 aliphatic rings. The van der Waals surface area contributed by atoms with Crippen LogP contribution in [0, 0.1) is 11.7 Å². The van der Waals surface area contributed by atoms with E-state index in [2.05, 4.69) is 0 Å². The minimum absolute atomic E-state index is 0. The first-order chi connectivity index (χ1) is 7.99. The van der Waals surface area contributed by atoms with Crippen molar-refractivity contribution in [2.45, 2.75) is 6.92 Å². The maximum Gasteiger partial charge on any atom is 0.159 e. The molecule has 0 spiro atoms. The molecule has 1 aromatic carbocycles. The van der Waals surface area contributed by atoms with Crippen molar-refractivity contribution >= 4 is 24.3 Å². The molecule has 1 aromatic rings. The number of ketones is 1. The molecule has 0 aromatic heterocycles. The highest BCUT2D eigenvalue weighted by atomic mass is 35.5. The summed E-state index contributed by atoms with van der Waals surface area (Å²) >= 11 is 0. The van der Waals surface area contributed by atoms with Crippen molar-refractivity contribution in [2.75, 3.05) is 20.6 Å². The van der Waals surface area contributed by atoms with Crippen molar-refractivity contribution in [3.05, 3.63) is 41.7 Å². The van der Waals surface area contributed by atoms with Gasteiger partial charge in [-0.15, -0.1) is 12.4 Å². The summed E-state index contributed by atoms with van der Waals surface area (Å²) in [6.45, 7) is 2.63. The lowest BCUT2D eigenvalue weighted by atomic mass is 10.0. The van der Waals surface area contributed by atoms with E-state index in [0.29, 0.717) is 0 Å². The molecule has 0 bridgehead atoms. The summed E-state index contributed by atoms with van der Waals surface area (Å²) < 4.78 is 12.7. The first kappa shape index (κ1) is 16.8. The Morgan fingerprint density at radius 2 is 1.89 bits per heavy atom. The first-order valence-electron chi connectivity index (χ1n) is 5.61. The molecule has 0 saturated carbocycles. The Bertz CT molecular complexity index is 401. The van der Waals surface area contributed by atoms with E-state index in [9.17, 15) is 9.18 Å². The number of benzene rings is 1. The highest BCUT2D eigenvalue weighted by Gasteiger charge is 2.10. The van der Waals surface area contributed by atoms with Crippen LogP contribution in [0.4, 0.5) is 4.39 Å². The molecule has 1 unspecified atom stereocenters. The van der Waals surface area contributed by atoms with Gasteiger partial charge in [0.15, 0.2) is 5.78 Å². The molecular weight excluding hydrogens is 253 g/mol. The van der Waals surface area contributed by atoms with Gasteiger partial charge in [0.1, 0.15) is 5.82 Å². The smallest absolute Gasteiger partial charge is 0.159 e. The summed E-state index contributed by atoms with van der Waals surface area (Å²) in [6, 6.07) is 6.06. The number of hydrogen-bond acceptors (Lipinski definition) is 2. The van der Waals surface area contributed by atoms with E-state index >= 15 is 0 Å². The fourth-order valence-electron chi connectivity index (χ4n) is 1.55. The summed E-state index contributed by atoms with van der Waals surface area (Å²) in [5, 5.41) is 0. The summed E-state index contributed by atoms with van der Waals surface area (Å²) in [6.07, 6.45) is 3.27. The fourth-order valence-corrected chi connectivity index (χ4v) is 1.55. The number of carbonyl (C=O) groups is 1. The molecule has 0 aliphatic carbocycles. The zero-order valence-corrected chi connectivity index (χ0v) is 11.7. The second-order valence-corrected chi connectivity index (χ2v) is 4.45. The van der Waals surface area contributed by atoms with E-state index in [1.165, 1.54) is 12.1 Å². The van der Waals surface area contributed by atoms with Crippen molar-refractivity contribution in [3.63, 3.8) is 0 Å². The standard InChI is InChI=1S/C14H18FNO.ClH/c1-11(10-16(2)3)14(17)9-6-12-4-7-13(15)8-5-12;/h4-9,11H,10H2,1-3H3;1H. The summed E-state index contributed by atoms with van der Waals surface area (Å²) in [5.74, 6) is -0.209. The minimum Gasteiger partial charge on any atom is -0.309 e. The number of allylic oxidation sites excluding steroid dienone is 1. The lowest BCUT2D eigenvalue weighted by Crippen LogP contribution is -2.24. The van der Waals surface area contributed by atoms with Crippen LogP contribution in [0.15, 0.2) is 30.3 Å². The van der Waals surface area contributed by atoms with Gasteiger partial charge in [0.25, 0.3) is 0 Å². The van der Waals surface area contributed by atoms with Crippen molar-refractivity contribution in [1.29, 1.82) is 0 Å². The van der Waals surface area contributed by atoms with E-state index in [-0.39, 0.29) is 29.9 Å². The Balaban J connectivity index is 0.00000289. The molecule has 0 amide bonds. The lowest BCUT2D eigenvalue weighted by molar-refractivity contribution is -0.118. The van der Waals surface area contributed by atoms with Gasteiger partial charge in [0.2, 0.25) is 0 Å². The van der Waals surface area contributed by atoms with Gasteiger partial charge in [-0.2, -0.15) is 0 Å². The molecule has 4 heteroatoms. The van der Waals surface area contributed by atoms with Gasteiger partial charge in [-0.25, -0.2) is 4.39 Å². The van der Waals surface area contributed by atoms with Crippen LogP contribution >= 0.6 is 12.4 Å². The SMILES string of the molecule is CC(CN(C)C)C(=O)C=Cc1ccc(F)cc1.Cl. The normalized spacial score (nSPS) is 12.5. The summed E-state index contributed by atoms with van der Waals surface area (Å²) in [5.41, 5.74) is 0.830. The number of carbonyl (C=O) groups excluding carboxylic acids is 1. The van der Waals surface area contributed by atoms with Crippen molar-refractivity contribution in [3.8, 4) is 0 Å². The fraction of sp³-hybridized carbons (Fsp3) is 0.357. The Labute approximate surface area is 114 Å². The maximum atomic E-state index is 12.7. The predicted octanol–water partition coefficient (Wildman–Crippen LogP) is 3.03. The number of rotatable bonds is 5. The summed E-state index contributed by atoms with van der Waals surface area (Å²) in [4.78, 5) is 13.7. The van der Waals surface area contributed by atoms with Crippen LogP contribution in [0.1, 0.15) is 12.5 Å². The average molecular weight is 272 g/mol. The monoisotopic (exact) mass is 271 g/mol. The molecule has 0 N–H and O–H groups in total. The van der Waals surface area contributed by atoms with Crippen LogP contribution in [-0.4, -0.2) is 31.3 Å². The Morgan fingerprint density at radius 3 is 2.39 bits per heavy atom. The number of halogens is 2. The van der Waals surface area contributed by atoms with Gasteiger partial charge >= 0.3 is 0 Å². The zero-order chi connectivity index (χ0) is 12.8. The Hall–Kier alpha value is -1.19. The van der Waals surface area contributed by atoms with Crippen LogP contribution < -0.4 is 0 Å². The van der Waals surface area contributed by atoms with Crippen LogP contribution in [-0.2, 0) is 4.79 Å². The summed E-state index contributed by atoms with van der Waals surface area (Å²) in [7, 11) is 3.88. The third-order valence-electron chi connectivity index (χ3n) is 2.43. The molecule has 1 rings (SSSR count). The van der Waals surface area contributed by atoms with Crippen LogP contribution in [0.5, 0.6) is 0 Å². The van der Waals surface area contributed by atoms with Crippen molar-refractivity contribution in [1.82, 2.24) is 4.90 Å². The van der Waals surface area contributed by atoms with E-state index in [1.54, 1.807) is 24.3 Å². The quantitative estimate of drug-likeness (QED) is 0.768. The van der Waals surface area contributed by atoms with Crippen molar-refractivity contribution < 1.29 is 9.18 Å². The second-order valence-electron chi connectivity index (χ2n) is 4.45. The van der Waals surface area contributed by atoms with Gasteiger partial charge in [-0.3, -0.25) is 4.79 Å². The molecular formula is C14H19ClFNO. The third kappa shape index (κ3) is 5.94. The molecule has 0 aliphatic heterocycles. The average Bonchev–Trinajstić information content (AvgIpc) is 2.27. The van der Waals surface area contributed by atoms with Crippen LogP contribution in [0.2, 0.25) is 0 Å². The molecule has 1 atom stereocenters. The highest BCUT2D eigenvalue weighted by Crippen LogP contribution is 2.06. The third-order valence-corrected chi connectivity index (χ3v) is 2.43. The molecule has 2 nitrogen and oxygen atoms in total. The van der Waals surface area contributed by atoms with Crippen LogP contribution in [0.3, 0.4) is 0 Å². The molecule has 0 saturated heterocycles. The van der Waals surface area contributed by atoms with Gasteiger partial charge in [-0.05, 0) is 37.9 Å². The first-order valence-corrected chi connectivity index (χ1v) is 5.61. The zero-order valence-electron chi connectivity index (χ0n) is 10.9. The van der Waals surface area contributed by atoms with Gasteiger partial charge < -0.3 is 4.90 Å². The highest BCUT2D eigenvalue weighted by molar-refractivity contribution is 5.95. The molecule has 0 fully saturated rings. The van der Waals surface area contributed by atoms with Crippen molar-refractivity contribution in [2.24, 2.45) is 5.92 Å². The van der Waals surface area contributed by atoms with E-state index in [4.69, 9.17) is 0 Å². The lowest BCUT2D eigenvalue weighted by Gasteiger charge is -2.13. The van der Waals surface area contributed by atoms with E-state index < -0.39 is 0 Å². The van der Waals surface area contributed by atoms with E-state index in [1.807, 2.05) is 25.9 Å². The maximum absolute atomic E-state index is 12.7. The van der Waals surface area contributed by atoms with Gasteiger partial charge in [0.05, 0.1) is 0 Å². The number of hydrogen-bond donors (Lipinski definition) is 0. The molecule has 0 radical (unpaired) electrons. The number of nitrogens with zero attached hydrogens (tertiary/aromatic N) is 1. The predicted molar refractivity (Wildman–Crippen MR) is 75.4 cm³/mol. The van der Waals surface area contributed by atoms with Crippen LogP contribution in [0.25, 0.3) is 6.08 Å². The molecule has 18 heavy (non-hydrogen) atoms. The topological polar surface area (TPSA) is 20.3 Å². The Kier molecular flexibility index (Phi) is 7.48. The second kappa shape index (κ2) is 8.01. The largest absolute Gasteiger partial charge is 0.309 e. The van der Waals surface area contributed by atoms with E-state index in [0.717, 1.165) is 12.1 Å². The minimum atomic E-state index is -0.269.